The van der Waals surface area contributed by atoms with Gasteiger partial charge >= 0.3 is 0 Å². The molecule has 1 saturated carbocycles. The summed E-state index contributed by atoms with van der Waals surface area (Å²) >= 11 is 5.23. The van der Waals surface area contributed by atoms with Gasteiger partial charge in [0.1, 0.15) is 5.82 Å². The molecule has 1 aliphatic carbocycles. The molecule has 0 saturated heterocycles. The Kier molecular flexibility index (Phi) is 5.90. The molecule has 2 aromatic carbocycles. The molecule has 4 rings (SSSR count). The molecule has 1 heterocycles. The number of benzene rings is 2. The van der Waals surface area contributed by atoms with Crippen LogP contribution in [0.1, 0.15) is 48.5 Å². The number of rotatable bonds is 5. The summed E-state index contributed by atoms with van der Waals surface area (Å²) in [4.78, 5) is 20.1. The third kappa shape index (κ3) is 4.65. The summed E-state index contributed by atoms with van der Waals surface area (Å²) < 4.78 is 0.454. The van der Waals surface area contributed by atoms with Gasteiger partial charge in [-0.3, -0.25) is 4.79 Å². The third-order valence-electron chi connectivity index (χ3n) is 5.74. The highest BCUT2D eigenvalue weighted by Crippen LogP contribution is 2.24. The van der Waals surface area contributed by atoms with Gasteiger partial charge in [-0.2, -0.15) is 0 Å². The molecule has 150 valence electrons. The fourth-order valence-corrected chi connectivity index (χ4v) is 4.18. The SMILES string of the molecule is CC1CCCCC1NC(=O)c1ccc(CNc2nc(=S)[nH]c3ccccc23)cc1. The van der Waals surface area contributed by atoms with E-state index < -0.39 is 0 Å². The second kappa shape index (κ2) is 8.74. The summed E-state index contributed by atoms with van der Waals surface area (Å²) in [5.41, 5.74) is 2.74. The summed E-state index contributed by atoms with van der Waals surface area (Å²) in [6, 6.07) is 16.0. The molecule has 0 bridgehead atoms. The molecular formula is C23H26N4OS. The van der Waals surface area contributed by atoms with Gasteiger partial charge in [0.2, 0.25) is 0 Å². The summed E-state index contributed by atoms with van der Waals surface area (Å²) in [6.07, 6.45) is 4.74. The van der Waals surface area contributed by atoms with Gasteiger partial charge in [-0.1, -0.05) is 44.0 Å². The summed E-state index contributed by atoms with van der Waals surface area (Å²) in [5.74, 6) is 1.33. The molecule has 2 unspecified atom stereocenters. The first-order valence-electron chi connectivity index (χ1n) is 10.2. The van der Waals surface area contributed by atoms with Gasteiger partial charge in [0.05, 0.1) is 5.52 Å². The Bertz CT molecular complexity index is 1060. The Morgan fingerprint density at radius 1 is 1.14 bits per heavy atom. The molecule has 0 radical (unpaired) electrons. The van der Waals surface area contributed by atoms with E-state index in [-0.39, 0.29) is 5.91 Å². The number of amides is 1. The Labute approximate surface area is 176 Å². The third-order valence-corrected chi connectivity index (χ3v) is 5.93. The number of hydrogen-bond acceptors (Lipinski definition) is 4. The lowest BCUT2D eigenvalue weighted by atomic mass is 9.86. The monoisotopic (exact) mass is 406 g/mol. The summed E-state index contributed by atoms with van der Waals surface area (Å²) in [7, 11) is 0. The highest BCUT2D eigenvalue weighted by Gasteiger charge is 2.23. The van der Waals surface area contributed by atoms with Gasteiger partial charge in [-0.15, -0.1) is 0 Å². The van der Waals surface area contributed by atoms with Gasteiger partial charge in [-0.25, -0.2) is 4.98 Å². The van der Waals surface area contributed by atoms with E-state index in [1.807, 2.05) is 48.5 Å². The van der Waals surface area contributed by atoms with Crippen LogP contribution in [0.4, 0.5) is 5.82 Å². The van der Waals surface area contributed by atoms with Crippen LogP contribution in [0.5, 0.6) is 0 Å². The first-order valence-corrected chi connectivity index (χ1v) is 10.6. The van der Waals surface area contributed by atoms with Crippen LogP contribution in [0, 0.1) is 10.7 Å². The van der Waals surface area contributed by atoms with E-state index in [2.05, 4.69) is 27.5 Å². The van der Waals surface area contributed by atoms with Crippen molar-refractivity contribution in [2.24, 2.45) is 5.92 Å². The second-order valence-corrected chi connectivity index (χ2v) is 8.22. The number of aromatic nitrogens is 2. The Morgan fingerprint density at radius 2 is 1.90 bits per heavy atom. The standard InChI is InChI=1S/C23H26N4OS/c1-15-6-2-4-8-19(15)25-22(28)17-12-10-16(11-13-17)14-24-21-18-7-3-5-9-20(18)26-23(29)27-21/h3,5,7,9-13,15,19H,2,4,6,8,14H2,1H3,(H,25,28)(H2,24,26,27,29). The summed E-state index contributed by atoms with van der Waals surface area (Å²) in [5, 5.41) is 7.57. The van der Waals surface area contributed by atoms with E-state index >= 15 is 0 Å². The minimum absolute atomic E-state index is 0.0188. The molecule has 6 heteroatoms. The number of hydrogen-bond donors (Lipinski definition) is 3. The molecule has 3 N–H and O–H groups in total. The Morgan fingerprint density at radius 3 is 2.69 bits per heavy atom. The normalized spacial score (nSPS) is 19.1. The summed E-state index contributed by atoms with van der Waals surface area (Å²) in [6.45, 7) is 2.84. The second-order valence-electron chi connectivity index (χ2n) is 7.83. The first-order chi connectivity index (χ1) is 14.1. The maximum absolute atomic E-state index is 12.6. The van der Waals surface area contributed by atoms with Crippen LogP contribution in [0.15, 0.2) is 48.5 Å². The van der Waals surface area contributed by atoms with Gasteiger partial charge < -0.3 is 15.6 Å². The van der Waals surface area contributed by atoms with E-state index in [0.29, 0.717) is 28.8 Å². The van der Waals surface area contributed by atoms with Crippen molar-refractivity contribution in [1.29, 1.82) is 0 Å². The number of anilines is 1. The van der Waals surface area contributed by atoms with Crippen molar-refractivity contribution in [2.75, 3.05) is 5.32 Å². The zero-order valence-electron chi connectivity index (χ0n) is 16.6. The van der Waals surface area contributed by atoms with Crippen molar-refractivity contribution >= 4 is 34.8 Å². The molecule has 5 nitrogen and oxygen atoms in total. The lowest BCUT2D eigenvalue weighted by molar-refractivity contribution is 0.0910. The van der Waals surface area contributed by atoms with Crippen molar-refractivity contribution in [1.82, 2.24) is 15.3 Å². The fourth-order valence-electron chi connectivity index (χ4n) is 3.98. The number of nitrogens with zero attached hydrogens (tertiary/aromatic N) is 1. The first kappa shape index (κ1) is 19.6. The Hall–Kier alpha value is -2.73. The van der Waals surface area contributed by atoms with Crippen molar-refractivity contribution in [3.8, 4) is 0 Å². The number of aromatic amines is 1. The van der Waals surface area contributed by atoms with Crippen LogP contribution in [-0.4, -0.2) is 21.9 Å². The highest BCUT2D eigenvalue weighted by molar-refractivity contribution is 7.71. The molecule has 1 fully saturated rings. The fraction of sp³-hybridized carbons (Fsp3) is 0.348. The molecule has 29 heavy (non-hydrogen) atoms. The predicted molar refractivity (Wildman–Crippen MR) is 120 cm³/mol. The van der Waals surface area contributed by atoms with Gasteiger partial charge in [-0.05, 0) is 60.8 Å². The molecular weight excluding hydrogens is 380 g/mol. The average molecular weight is 407 g/mol. The number of H-pyrrole nitrogens is 1. The van der Waals surface area contributed by atoms with Gasteiger partial charge in [0.25, 0.3) is 5.91 Å². The molecule has 0 spiro atoms. The van der Waals surface area contributed by atoms with Crippen molar-refractivity contribution in [2.45, 2.75) is 45.2 Å². The number of carbonyl (C=O) groups is 1. The number of nitrogens with one attached hydrogen (secondary N) is 3. The van der Waals surface area contributed by atoms with Gasteiger partial charge in [0.15, 0.2) is 4.77 Å². The zero-order chi connectivity index (χ0) is 20.2. The quantitative estimate of drug-likeness (QED) is 0.509. The molecule has 0 aliphatic heterocycles. The lowest BCUT2D eigenvalue weighted by Gasteiger charge is -2.29. The predicted octanol–water partition coefficient (Wildman–Crippen LogP) is 5.21. The molecule has 2 atom stereocenters. The van der Waals surface area contributed by atoms with E-state index in [1.165, 1.54) is 19.3 Å². The van der Waals surface area contributed by atoms with Gasteiger partial charge in [0, 0.05) is 23.5 Å². The minimum atomic E-state index is 0.0188. The van der Waals surface area contributed by atoms with Crippen LogP contribution in [0.3, 0.4) is 0 Å². The maximum atomic E-state index is 12.6. The minimum Gasteiger partial charge on any atom is -0.365 e. The van der Waals surface area contributed by atoms with E-state index in [4.69, 9.17) is 12.2 Å². The largest absolute Gasteiger partial charge is 0.365 e. The van der Waals surface area contributed by atoms with Crippen LogP contribution in [0.25, 0.3) is 10.9 Å². The molecule has 1 aliphatic rings. The number of carbonyl (C=O) groups excluding carboxylic acids is 1. The molecule has 1 aromatic heterocycles. The molecule has 1 amide bonds. The molecule has 3 aromatic rings. The van der Waals surface area contributed by atoms with Crippen LogP contribution in [-0.2, 0) is 6.54 Å². The van der Waals surface area contributed by atoms with Crippen molar-refractivity contribution in [3.05, 3.63) is 64.4 Å². The van der Waals surface area contributed by atoms with E-state index in [0.717, 1.165) is 28.7 Å². The smallest absolute Gasteiger partial charge is 0.251 e. The van der Waals surface area contributed by atoms with Crippen LogP contribution in [0.2, 0.25) is 0 Å². The maximum Gasteiger partial charge on any atom is 0.251 e. The lowest BCUT2D eigenvalue weighted by Crippen LogP contribution is -2.41. The number of para-hydroxylation sites is 1. The number of fused-ring (bicyclic) bond motifs is 1. The highest BCUT2D eigenvalue weighted by atomic mass is 32.1. The van der Waals surface area contributed by atoms with Crippen molar-refractivity contribution in [3.63, 3.8) is 0 Å². The average Bonchev–Trinajstić information content (AvgIpc) is 2.74. The van der Waals surface area contributed by atoms with Crippen molar-refractivity contribution < 1.29 is 4.79 Å². The van der Waals surface area contributed by atoms with E-state index in [9.17, 15) is 4.79 Å². The van der Waals surface area contributed by atoms with Crippen LogP contribution >= 0.6 is 12.2 Å². The zero-order valence-corrected chi connectivity index (χ0v) is 17.4. The van der Waals surface area contributed by atoms with E-state index in [1.54, 1.807) is 0 Å². The topological polar surface area (TPSA) is 69.8 Å². The Balaban J connectivity index is 1.41. The van der Waals surface area contributed by atoms with Crippen LogP contribution < -0.4 is 10.6 Å².